The van der Waals surface area contributed by atoms with Gasteiger partial charge >= 0.3 is 0 Å². The van der Waals surface area contributed by atoms with Crippen LogP contribution in [-0.2, 0) is 21.4 Å². The van der Waals surface area contributed by atoms with Gasteiger partial charge in [-0.3, -0.25) is 9.10 Å². The molecule has 1 fully saturated rings. The van der Waals surface area contributed by atoms with Crippen molar-refractivity contribution in [2.75, 3.05) is 35.9 Å². The minimum atomic E-state index is -4.00. The highest BCUT2D eigenvalue weighted by molar-refractivity contribution is 7.92. The number of nitrogens with zero attached hydrogens (tertiary/aromatic N) is 2. The molecule has 8 heteroatoms. The van der Waals surface area contributed by atoms with Crippen molar-refractivity contribution in [3.05, 3.63) is 84.4 Å². The number of methoxy groups -OCH3 is 1. The van der Waals surface area contributed by atoms with Crippen LogP contribution in [0.4, 0.5) is 11.4 Å². The summed E-state index contributed by atoms with van der Waals surface area (Å²) in [5.74, 6) is 0.651. The van der Waals surface area contributed by atoms with E-state index in [-0.39, 0.29) is 11.4 Å². The topological polar surface area (TPSA) is 79.0 Å². The number of benzene rings is 3. The smallest absolute Gasteiger partial charge is 0.264 e. The van der Waals surface area contributed by atoms with E-state index in [9.17, 15) is 13.2 Å². The SMILES string of the molecule is COc1ccccc1N(CC(=O)NCc1ccc(N2CCCC(C)C2)cc1)S(=O)(=O)c1ccccc1. The Bertz CT molecular complexity index is 1260. The van der Waals surface area contributed by atoms with Gasteiger partial charge in [0.2, 0.25) is 5.91 Å². The molecule has 1 amide bonds. The Hall–Kier alpha value is -3.52. The number of nitrogens with one attached hydrogen (secondary N) is 1. The highest BCUT2D eigenvalue weighted by atomic mass is 32.2. The van der Waals surface area contributed by atoms with Crippen molar-refractivity contribution in [3.63, 3.8) is 0 Å². The molecule has 36 heavy (non-hydrogen) atoms. The zero-order valence-corrected chi connectivity index (χ0v) is 21.6. The second-order valence-electron chi connectivity index (χ2n) is 9.13. The molecule has 1 atom stereocenters. The highest BCUT2D eigenvalue weighted by Gasteiger charge is 2.29. The molecular formula is C28H33N3O4S. The first-order chi connectivity index (χ1) is 17.4. The molecule has 0 spiro atoms. The first-order valence-corrected chi connectivity index (χ1v) is 13.6. The lowest BCUT2D eigenvalue weighted by molar-refractivity contribution is -0.119. The van der Waals surface area contributed by atoms with Gasteiger partial charge in [0, 0.05) is 25.3 Å². The van der Waals surface area contributed by atoms with Crippen molar-refractivity contribution in [2.45, 2.75) is 31.2 Å². The van der Waals surface area contributed by atoms with E-state index in [4.69, 9.17) is 4.74 Å². The fraction of sp³-hybridized carbons (Fsp3) is 0.321. The minimum absolute atomic E-state index is 0.103. The molecule has 1 heterocycles. The average molecular weight is 508 g/mol. The number of para-hydroxylation sites is 2. The molecule has 0 radical (unpaired) electrons. The second-order valence-corrected chi connectivity index (χ2v) is 11.0. The lowest BCUT2D eigenvalue weighted by Gasteiger charge is -2.32. The Labute approximate surface area is 213 Å². The fourth-order valence-electron chi connectivity index (χ4n) is 4.49. The van der Waals surface area contributed by atoms with Gasteiger partial charge in [-0.15, -0.1) is 0 Å². The molecule has 1 aliphatic rings. The molecule has 1 saturated heterocycles. The standard InChI is InChI=1S/C28H33N3O4S/c1-22-9-8-18-30(20-22)24-16-14-23(15-17-24)19-29-28(32)21-31(26-12-6-7-13-27(26)35-2)36(33,34)25-10-4-3-5-11-25/h3-7,10-17,22H,8-9,18-21H2,1-2H3,(H,29,32). The third-order valence-electron chi connectivity index (χ3n) is 6.42. The zero-order valence-electron chi connectivity index (χ0n) is 20.8. The molecule has 0 saturated carbocycles. The van der Waals surface area contributed by atoms with Crippen LogP contribution < -0.4 is 19.3 Å². The molecular weight excluding hydrogens is 474 g/mol. The quantitative estimate of drug-likeness (QED) is 0.463. The predicted octanol–water partition coefficient (Wildman–Crippen LogP) is 4.44. The molecule has 1 N–H and O–H groups in total. The molecule has 3 aromatic rings. The molecule has 1 unspecified atom stereocenters. The number of rotatable bonds is 9. The molecule has 1 aliphatic heterocycles. The van der Waals surface area contributed by atoms with Gasteiger partial charge in [0.05, 0.1) is 17.7 Å². The Morgan fingerprint density at radius 3 is 2.42 bits per heavy atom. The number of ether oxygens (including phenoxy) is 1. The third kappa shape index (κ3) is 5.99. The fourth-order valence-corrected chi connectivity index (χ4v) is 5.94. The summed E-state index contributed by atoms with van der Waals surface area (Å²) in [6, 6.07) is 23.0. The van der Waals surface area contributed by atoms with Crippen molar-refractivity contribution in [1.29, 1.82) is 0 Å². The van der Waals surface area contributed by atoms with Crippen LogP contribution in [0.25, 0.3) is 0 Å². The Morgan fingerprint density at radius 2 is 1.72 bits per heavy atom. The number of sulfonamides is 1. The number of hydrogen-bond acceptors (Lipinski definition) is 5. The van der Waals surface area contributed by atoms with E-state index in [0.29, 0.717) is 23.9 Å². The largest absolute Gasteiger partial charge is 0.495 e. The third-order valence-corrected chi connectivity index (χ3v) is 8.19. The number of piperidine rings is 1. The Morgan fingerprint density at radius 1 is 1.03 bits per heavy atom. The maximum atomic E-state index is 13.5. The average Bonchev–Trinajstić information content (AvgIpc) is 2.91. The van der Waals surface area contributed by atoms with E-state index in [1.54, 1.807) is 42.5 Å². The molecule has 0 aliphatic carbocycles. The summed E-state index contributed by atoms with van der Waals surface area (Å²) in [6.45, 7) is 4.34. The van der Waals surface area contributed by atoms with Crippen LogP contribution in [0.5, 0.6) is 5.75 Å². The molecule has 190 valence electrons. The van der Waals surface area contributed by atoms with Gasteiger partial charge in [-0.1, -0.05) is 49.4 Å². The molecule has 0 aromatic heterocycles. The van der Waals surface area contributed by atoms with Gasteiger partial charge in [-0.2, -0.15) is 0 Å². The molecule has 3 aromatic carbocycles. The van der Waals surface area contributed by atoms with Gasteiger partial charge in [0.25, 0.3) is 10.0 Å². The summed E-state index contributed by atoms with van der Waals surface area (Å²) in [5, 5.41) is 2.87. The molecule has 0 bridgehead atoms. The normalized spacial score (nSPS) is 15.8. The van der Waals surface area contributed by atoms with E-state index in [1.165, 1.54) is 37.8 Å². The highest BCUT2D eigenvalue weighted by Crippen LogP contribution is 2.32. The van der Waals surface area contributed by atoms with Crippen LogP contribution in [0, 0.1) is 5.92 Å². The number of hydrogen-bond donors (Lipinski definition) is 1. The summed E-state index contributed by atoms with van der Waals surface area (Å²) < 4.78 is 33.5. The monoisotopic (exact) mass is 507 g/mol. The number of amides is 1. The zero-order chi connectivity index (χ0) is 25.5. The van der Waals surface area contributed by atoms with Crippen LogP contribution in [0.1, 0.15) is 25.3 Å². The van der Waals surface area contributed by atoms with E-state index < -0.39 is 15.9 Å². The first-order valence-electron chi connectivity index (χ1n) is 12.2. The van der Waals surface area contributed by atoms with Crippen molar-refractivity contribution in [2.24, 2.45) is 5.92 Å². The lowest BCUT2D eigenvalue weighted by Crippen LogP contribution is -2.40. The number of carbonyl (C=O) groups excluding carboxylic acids is 1. The van der Waals surface area contributed by atoms with Crippen LogP contribution >= 0.6 is 0 Å². The summed E-state index contributed by atoms with van der Waals surface area (Å²) >= 11 is 0. The van der Waals surface area contributed by atoms with Gasteiger partial charge in [0.1, 0.15) is 12.3 Å². The van der Waals surface area contributed by atoms with Crippen LogP contribution in [0.2, 0.25) is 0 Å². The minimum Gasteiger partial charge on any atom is -0.495 e. The molecule has 4 rings (SSSR count). The Balaban J connectivity index is 1.47. The van der Waals surface area contributed by atoms with Gasteiger partial charge in [-0.25, -0.2) is 8.42 Å². The van der Waals surface area contributed by atoms with Gasteiger partial charge in [0.15, 0.2) is 0 Å². The van der Waals surface area contributed by atoms with Crippen LogP contribution in [-0.4, -0.2) is 41.1 Å². The van der Waals surface area contributed by atoms with Crippen LogP contribution in [0.3, 0.4) is 0 Å². The van der Waals surface area contributed by atoms with E-state index >= 15 is 0 Å². The van der Waals surface area contributed by atoms with Gasteiger partial charge < -0.3 is 15.0 Å². The lowest BCUT2D eigenvalue weighted by atomic mass is 9.99. The molecule has 7 nitrogen and oxygen atoms in total. The van der Waals surface area contributed by atoms with E-state index in [1.807, 2.05) is 12.1 Å². The van der Waals surface area contributed by atoms with Crippen molar-refractivity contribution >= 4 is 27.3 Å². The summed E-state index contributed by atoms with van der Waals surface area (Å²) in [5.41, 5.74) is 2.44. The number of anilines is 2. The summed E-state index contributed by atoms with van der Waals surface area (Å²) in [7, 11) is -2.53. The summed E-state index contributed by atoms with van der Waals surface area (Å²) in [4.78, 5) is 15.5. The van der Waals surface area contributed by atoms with Gasteiger partial charge in [-0.05, 0) is 60.7 Å². The summed E-state index contributed by atoms with van der Waals surface area (Å²) in [6.07, 6.45) is 2.47. The second kappa shape index (κ2) is 11.5. The van der Waals surface area contributed by atoms with Crippen molar-refractivity contribution in [3.8, 4) is 5.75 Å². The first kappa shape index (κ1) is 25.6. The van der Waals surface area contributed by atoms with Crippen LogP contribution in [0.15, 0.2) is 83.8 Å². The predicted molar refractivity (Wildman–Crippen MR) is 143 cm³/mol. The van der Waals surface area contributed by atoms with Crippen molar-refractivity contribution < 1.29 is 17.9 Å². The number of carbonyl (C=O) groups is 1. The Kier molecular flexibility index (Phi) is 8.15. The maximum absolute atomic E-state index is 13.5. The van der Waals surface area contributed by atoms with Crippen molar-refractivity contribution in [1.82, 2.24) is 5.32 Å². The van der Waals surface area contributed by atoms with E-state index in [2.05, 4.69) is 29.3 Å². The maximum Gasteiger partial charge on any atom is 0.264 e. The van der Waals surface area contributed by atoms with E-state index in [0.717, 1.165) is 23.0 Å².